The lowest BCUT2D eigenvalue weighted by Gasteiger charge is -2.10. The van der Waals surface area contributed by atoms with E-state index in [0.29, 0.717) is 0 Å². The molecule has 0 saturated carbocycles. The molecule has 0 fully saturated rings. The fourth-order valence-electron chi connectivity index (χ4n) is 2.09. The van der Waals surface area contributed by atoms with E-state index >= 15 is 0 Å². The van der Waals surface area contributed by atoms with E-state index in [9.17, 15) is 0 Å². The first kappa shape index (κ1) is 15.4. The van der Waals surface area contributed by atoms with Gasteiger partial charge in [-0.3, -0.25) is 4.98 Å². The van der Waals surface area contributed by atoms with Crippen molar-refractivity contribution in [3.05, 3.63) is 53.9 Å². The summed E-state index contributed by atoms with van der Waals surface area (Å²) in [6.07, 6.45) is 7.25. The molecule has 0 aliphatic heterocycles. The molecule has 1 N–H and O–H groups in total. The Morgan fingerprint density at radius 1 is 1.10 bits per heavy atom. The van der Waals surface area contributed by atoms with Crippen LogP contribution in [0.15, 0.2) is 42.7 Å². The molecule has 0 atom stereocenters. The summed E-state index contributed by atoms with van der Waals surface area (Å²) in [5.41, 5.74) is 3.53. The molecule has 3 nitrogen and oxygen atoms in total. The highest BCUT2D eigenvalue weighted by molar-refractivity contribution is 5.48. The maximum Gasteiger partial charge on any atom is 0.119 e. The van der Waals surface area contributed by atoms with Crippen molar-refractivity contribution in [3.8, 4) is 5.75 Å². The average molecular weight is 284 g/mol. The van der Waals surface area contributed by atoms with E-state index in [4.69, 9.17) is 4.74 Å². The van der Waals surface area contributed by atoms with Crippen molar-refractivity contribution in [2.24, 2.45) is 0 Å². The number of rotatable bonds is 8. The Balaban J connectivity index is 1.81. The Morgan fingerprint density at radius 3 is 2.62 bits per heavy atom. The Hall–Kier alpha value is -2.03. The maximum absolute atomic E-state index is 5.71. The molecular formula is C18H24N2O. The van der Waals surface area contributed by atoms with E-state index in [-0.39, 0.29) is 0 Å². The van der Waals surface area contributed by atoms with Crippen molar-refractivity contribution in [1.29, 1.82) is 0 Å². The Kier molecular flexibility index (Phi) is 6.07. The van der Waals surface area contributed by atoms with Gasteiger partial charge in [0.15, 0.2) is 0 Å². The molecule has 0 saturated heterocycles. The van der Waals surface area contributed by atoms with Crippen LogP contribution in [0.4, 0.5) is 5.69 Å². The summed E-state index contributed by atoms with van der Waals surface area (Å²) in [4.78, 5) is 4.14. The summed E-state index contributed by atoms with van der Waals surface area (Å²) in [6.45, 7) is 5.88. The highest BCUT2D eigenvalue weighted by Crippen LogP contribution is 2.16. The molecule has 1 heterocycles. The summed E-state index contributed by atoms with van der Waals surface area (Å²) in [5, 5.41) is 3.41. The molecule has 2 aromatic rings. The number of benzene rings is 1. The quantitative estimate of drug-likeness (QED) is 0.721. The SMILES string of the molecule is CCCCCOc1ccc(CNc2cnccc2C)cc1. The fourth-order valence-corrected chi connectivity index (χ4v) is 2.09. The van der Waals surface area contributed by atoms with E-state index in [1.165, 1.54) is 24.0 Å². The van der Waals surface area contributed by atoms with Crippen molar-refractivity contribution in [2.75, 3.05) is 11.9 Å². The van der Waals surface area contributed by atoms with Crippen molar-refractivity contribution in [2.45, 2.75) is 39.7 Å². The molecule has 1 aromatic carbocycles. The standard InChI is InChI=1S/C18H24N2O/c1-3-4-5-12-21-17-8-6-16(7-9-17)13-20-18-14-19-11-10-15(18)2/h6-11,14,20H,3-5,12-13H2,1-2H3. The van der Waals surface area contributed by atoms with Gasteiger partial charge in [-0.1, -0.05) is 31.9 Å². The van der Waals surface area contributed by atoms with Gasteiger partial charge >= 0.3 is 0 Å². The molecule has 1 aromatic heterocycles. The highest BCUT2D eigenvalue weighted by Gasteiger charge is 1.99. The zero-order valence-electron chi connectivity index (χ0n) is 12.9. The van der Waals surface area contributed by atoms with Crippen LogP contribution >= 0.6 is 0 Å². The second-order valence-corrected chi connectivity index (χ2v) is 5.24. The summed E-state index contributed by atoms with van der Waals surface area (Å²) in [6, 6.07) is 10.3. The minimum atomic E-state index is 0.794. The Labute approximate surface area is 127 Å². The molecule has 0 unspecified atom stereocenters. The van der Waals surface area contributed by atoms with Crippen LogP contribution in [0.2, 0.25) is 0 Å². The number of unbranched alkanes of at least 4 members (excludes halogenated alkanes) is 2. The van der Waals surface area contributed by atoms with Crippen LogP contribution < -0.4 is 10.1 Å². The van der Waals surface area contributed by atoms with Gasteiger partial charge in [0.25, 0.3) is 0 Å². The smallest absolute Gasteiger partial charge is 0.119 e. The number of anilines is 1. The topological polar surface area (TPSA) is 34.1 Å². The van der Waals surface area contributed by atoms with E-state index in [1.807, 2.05) is 30.6 Å². The van der Waals surface area contributed by atoms with Crippen LogP contribution in [0.25, 0.3) is 0 Å². The lowest BCUT2D eigenvalue weighted by Crippen LogP contribution is -2.02. The summed E-state index contributed by atoms with van der Waals surface area (Å²) in [5.74, 6) is 0.951. The monoisotopic (exact) mass is 284 g/mol. The first-order valence-electron chi connectivity index (χ1n) is 7.66. The zero-order valence-corrected chi connectivity index (χ0v) is 12.9. The van der Waals surface area contributed by atoms with Gasteiger partial charge in [-0.25, -0.2) is 0 Å². The van der Waals surface area contributed by atoms with Gasteiger partial charge in [-0.15, -0.1) is 0 Å². The molecule has 3 heteroatoms. The number of ether oxygens (including phenoxy) is 1. The highest BCUT2D eigenvalue weighted by atomic mass is 16.5. The first-order valence-corrected chi connectivity index (χ1v) is 7.66. The van der Waals surface area contributed by atoms with Crippen LogP contribution in [-0.2, 0) is 6.54 Å². The van der Waals surface area contributed by atoms with Crippen molar-refractivity contribution < 1.29 is 4.74 Å². The van der Waals surface area contributed by atoms with E-state index in [1.54, 1.807) is 0 Å². The van der Waals surface area contributed by atoms with Crippen molar-refractivity contribution in [1.82, 2.24) is 4.98 Å². The largest absolute Gasteiger partial charge is 0.494 e. The number of hydrogen-bond donors (Lipinski definition) is 1. The molecule has 2 rings (SSSR count). The minimum absolute atomic E-state index is 0.794. The van der Waals surface area contributed by atoms with Gasteiger partial charge in [0.1, 0.15) is 5.75 Å². The summed E-state index contributed by atoms with van der Waals surface area (Å²) in [7, 11) is 0. The number of aryl methyl sites for hydroxylation is 1. The van der Waals surface area contributed by atoms with Gasteiger partial charge in [0.2, 0.25) is 0 Å². The third kappa shape index (κ3) is 5.10. The van der Waals surface area contributed by atoms with Crippen LogP contribution in [0.3, 0.4) is 0 Å². The first-order chi connectivity index (χ1) is 10.3. The van der Waals surface area contributed by atoms with Crippen molar-refractivity contribution >= 4 is 5.69 Å². The zero-order chi connectivity index (χ0) is 14.9. The minimum Gasteiger partial charge on any atom is -0.494 e. The van der Waals surface area contributed by atoms with Gasteiger partial charge in [-0.05, 0) is 42.7 Å². The molecule has 0 spiro atoms. The Bertz CT molecular complexity index is 537. The van der Waals surface area contributed by atoms with Gasteiger partial charge in [0, 0.05) is 12.7 Å². The molecule has 21 heavy (non-hydrogen) atoms. The van der Waals surface area contributed by atoms with Crippen LogP contribution in [0.5, 0.6) is 5.75 Å². The van der Waals surface area contributed by atoms with Gasteiger partial charge < -0.3 is 10.1 Å². The van der Waals surface area contributed by atoms with E-state index in [0.717, 1.165) is 31.0 Å². The van der Waals surface area contributed by atoms with E-state index in [2.05, 4.69) is 36.3 Å². The number of nitrogens with zero attached hydrogens (tertiary/aromatic N) is 1. The fraction of sp³-hybridized carbons (Fsp3) is 0.389. The van der Waals surface area contributed by atoms with Crippen LogP contribution in [0.1, 0.15) is 37.3 Å². The number of hydrogen-bond acceptors (Lipinski definition) is 3. The second-order valence-electron chi connectivity index (χ2n) is 5.24. The predicted molar refractivity (Wildman–Crippen MR) is 87.8 cm³/mol. The average Bonchev–Trinajstić information content (AvgIpc) is 2.52. The number of nitrogens with one attached hydrogen (secondary N) is 1. The van der Waals surface area contributed by atoms with E-state index < -0.39 is 0 Å². The molecule has 112 valence electrons. The Morgan fingerprint density at radius 2 is 1.90 bits per heavy atom. The lowest BCUT2D eigenvalue weighted by atomic mass is 10.2. The third-order valence-electron chi connectivity index (χ3n) is 3.46. The second kappa shape index (κ2) is 8.30. The normalized spacial score (nSPS) is 10.4. The lowest BCUT2D eigenvalue weighted by molar-refractivity contribution is 0.306. The molecule has 0 bridgehead atoms. The summed E-state index contributed by atoms with van der Waals surface area (Å²) < 4.78 is 5.71. The van der Waals surface area contributed by atoms with Crippen LogP contribution in [-0.4, -0.2) is 11.6 Å². The molecular weight excluding hydrogens is 260 g/mol. The van der Waals surface area contributed by atoms with Crippen molar-refractivity contribution in [3.63, 3.8) is 0 Å². The number of pyridine rings is 1. The number of aromatic nitrogens is 1. The third-order valence-corrected chi connectivity index (χ3v) is 3.46. The van der Waals surface area contributed by atoms with Gasteiger partial charge in [0.05, 0.1) is 18.5 Å². The molecule has 0 radical (unpaired) electrons. The maximum atomic E-state index is 5.71. The molecule has 0 amide bonds. The van der Waals surface area contributed by atoms with Gasteiger partial charge in [-0.2, -0.15) is 0 Å². The molecule has 0 aliphatic carbocycles. The van der Waals surface area contributed by atoms with Crippen LogP contribution in [0, 0.1) is 6.92 Å². The predicted octanol–water partition coefficient (Wildman–Crippen LogP) is 4.57. The molecule has 0 aliphatic rings. The summed E-state index contributed by atoms with van der Waals surface area (Å²) >= 11 is 0.